The lowest BCUT2D eigenvalue weighted by atomic mass is 10.0. The molecule has 0 aliphatic heterocycles. The van der Waals surface area contributed by atoms with E-state index in [2.05, 4.69) is 39.8 Å². The van der Waals surface area contributed by atoms with Gasteiger partial charge in [0.25, 0.3) is 0 Å². The van der Waals surface area contributed by atoms with Gasteiger partial charge in [-0.1, -0.05) is 72.0 Å². The molecule has 0 aromatic rings. The molecular weight excluding hydrogens is 192 g/mol. The van der Waals surface area contributed by atoms with Crippen LogP contribution < -0.4 is 0 Å². The Morgan fingerprint density at radius 2 is 1.31 bits per heavy atom. The molecule has 0 nitrogen and oxygen atoms in total. The van der Waals surface area contributed by atoms with Crippen molar-refractivity contribution in [1.82, 2.24) is 0 Å². The van der Waals surface area contributed by atoms with Crippen molar-refractivity contribution in [2.75, 3.05) is 0 Å². The molecule has 0 aromatic carbocycles. The van der Waals surface area contributed by atoms with Gasteiger partial charge in [0.15, 0.2) is 0 Å². The van der Waals surface area contributed by atoms with Crippen molar-refractivity contribution in [3.63, 3.8) is 0 Å². The van der Waals surface area contributed by atoms with Crippen LogP contribution in [0.2, 0.25) is 0 Å². The second-order valence-electron chi connectivity index (χ2n) is 5.84. The first-order chi connectivity index (χ1) is 7.63. The second-order valence-corrected chi connectivity index (χ2v) is 5.84. The quantitative estimate of drug-likeness (QED) is 0.316. The van der Waals surface area contributed by atoms with Crippen molar-refractivity contribution >= 4 is 0 Å². The lowest BCUT2D eigenvalue weighted by Gasteiger charge is -2.03. The molecule has 0 aliphatic rings. The molecular formula is C16H32. The minimum absolute atomic E-state index is 0.812. The molecule has 0 bridgehead atoms. The Morgan fingerprint density at radius 3 is 1.94 bits per heavy atom. The Balaban J connectivity index is 3.07. The zero-order valence-corrected chi connectivity index (χ0v) is 12.0. The molecule has 0 fully saturated rings. The van der Waals surface area contributed by atoms with E-state index >= 15 is 0 Å². The van der Waals surface area contributed by atoms with Crippen LogP contribution in [0.15, 0.2) is 12.2 Å². The fraction of sp³-hybridized carbons (Fsp3) is 0.875. The van der Waals surface area contributed by atoms with Crippen molar-refractivity contribution < 1.29 is 0 Å². The number of hydrogen-bond donors (Lipinski definition) is 0. The molecule has 0 saturated carbocycles. The maximum atomic E-state index is 2.37. The van der Waals surface area contributed by atoms with Crippen molar-refractivity contribution in [3.05, 3.63) is 12.2 Å². The summed E-state index contributed by atoms with van der Waals surface area (Å²) in [5, 5.41) is 0. The molecule has 0 radical (unpaired) electrons. The third-order valence-corrected chi connectivity index (χ3v) is 2.93. The van der Waals surface area contributed by atoms with E-state index in [4.69, 9.17) is 0 Å². The number of unbranched alkanes of at least 4 members (excludes halogenated alkanes) is 5. The minimum atomic E-state index is 0.812. The molecule has 0 N–H and O–H groups in total. The molecule has 0 unspecified atom stereocenters. The molecule has 0 aliphatic carbocycles. The zero-order valence-electron chi connectivity index (χ0n) is 12.0. The summed E-state index contributed by atoms with van der Waals surface area (Å²) in [5.74, 6) is 1.70. The number of allylic oxidation sites excluding steroid dienone is 2. The fourth-order valence-electron chi connectivity index (χ4n) is 1.83. The SMILES string of the molecule is CC(C)C/C=C/CCCCCCCC(C)C. The third-order valence-electron chi connectivity index (χ3n) is 2.93. The second kappa shape index (κ2) is 11.2. The maximum absolute atomic E-state index is 2.37. The molecule has 0 saturated heterocycles. The van der Waals surface area contributed by atoms with E-state index in [1.165, 1.54) is 51.4 Å². The molecule has 0 rings (SSSR count). The Morgan fingerprint density at radius 1 is 0.688 bits per heavy atom. The zero-order chi connectivity index (χ0) is 12.2. The lowest BCUT2D eigenvalue weighted by Crippen LogP contribution is -1.87. The summed E-state index contributed by atoms with van der Waals surface area (Å²) in [4.78, 5) is 0. The maximum Gasteiger partial charge on any atom is -0.0327 e. The average molecular weight is 224 g/mol. The van der Waals surface area contributed by atoms with Gasteiger partial charge in [-0.3, -0.25) is 0 Å². The summed E-state index contributed by atoms with van der Waals surface area (Å²) in [5.41, 5.74) is 0. The van der Waals surface area contributed by atoms with E-state index in [-0.39, 0.29) is 0 Å². The highest BCUT2D eigenvalue weighted by Gasteiger charge is 1.94. The van der Waals surface area contributed by atoms with E-state index in [9.17, 15) is 0 Å². The van der Waals surface area contributed by atoms with E-state index in [0.717, 1.165) is 11.8 Å². The van der Waals surface area contributed by atoms with Crippen LogP contribution >= 0.6 is 0 Å². The van der Waals surface area contributed by atoms with Gasteiger partial charge in [-0.05, 0) is 31.1 Å². The first-order valence-electron chi connectivity index (χ1n) is 7.28. The highest BCUT2D eigenvalue weighted by atomic mass is 14.0. The van der Waals surface area contributed by atoms with Gasteiger partial charge in [0, 0.05) is 0 Å². The Kier molecular flexibility index (Phi) is 11.0. The van der Waals surface area contributed by atoms with Gasteiger partial charge in [-0.2, -0.15) is 0 Å². The third kappa shape index (κ3) is 13.7. The lowest BCUT2D eigenvalue weighted by molar-refractivity contribution is 0.516. The predicted octanol–water partition coefficient (Wildman–Crippen LogP) is 5.98. The van der Waals surface area contributed by atoms with Gasteiger partial charge in [-0.15, -0.1) is 0 Å². The largest absolute Gasteiger partial charge is 0.0885 e. The summed E-state index contributed by atoms with van der Waals surface area (Å²) < 4.78 is 0. The minimum Gasteiger partial charge on any atom is -0.0885 e. The standard InChI is InChI=1S/C16H32/c1-15(2)13-11-9-7-5-6-8-10-12-14-16(3)4/h9,11,15-16H,5-8,10,12-14H2,1-4H3/b11-9+. The Labute approximate surface area is 104 Å². The molecule has 96 valence electrons. The average Bonchev–Trinajstić information content (AvgIpc) is 2.20. The van der Waals surface area contributed by atoms with E-state index in [0.29, 0.717) is 0 Å². The summed E-state index contributed by atoms with van der Waals surface area (Å²) in [6, 6.07) is 0. The molecule has 16 heavy (non-hydrogen) atoms. The van der Waals surface area contributed by atoms with Crippen LogP contribution in [0.3, 0.4) is 0 Å². The highest BCUT2D eigenvalue weighted by molar-refractivity contribution is 4.82. The number of rotatable bonds is 10. The molecule has 0 heterocycles. The van der Waals surface area contributed by atoms with Crippen molar-refractivity contribution in [1.29, 1.82) is 0 Å². The van der Waals surface area contributed by atoms with E-state index in [1.807, 2.05) is 0 Å². The van der Waals surface area contributed by atoms with Crippen LogP contribution in [-0.2, 0) is 0 Å². The van der Waals surface area contributed by atoms with Gasteiger partial charge in [0.2, 0.25) is 0 Å². The number of hydrogen-bond acceptors (Lipinski definition) is 0. The molecule has 0 heteroatoms. The van der Waals surface area contributed by atoms with Gasteiger partial charge >= 0.3 is 0 Å². The topological polar surface area (TPSA) is 0 Å². The molecule has 0 spiro atoms. The van der Waals surface area contributed by atoms with Crippen molar-refractivity contribution in [2.24, 2.45) is 11.8 Å². The monoisotopic (exact) mass is 224 g/mol. The van der Waals surface area contributed by atoms with Crippen molar-refractivity contribution in [2.45, 2.75) is 79.1 Å². The van der Waals surface area contributed by atoms with E-state index in [1.54, 1.807) is 0 Å². The van der Waals surface area contributed by atoms with Crippen LogP contribution in [0.1, 0.15) is 79.1 Å². The van der Waals surface area contributed by atoms with Gasteiger partial charge in [0.1, 0.15) is 0 Å². The highest BCUT2D eigenvalue weighted by Crippen LogP contribution is 2.11. The van der Waals surface area contributed by atoms with Gasteiger partial charge in [-0.25, -0.2) is 0 Å². The first kappa shape index (κ1) is 15.7. The van der Waals surface area contributed by atoms with Gasteiger partial charge in [0.05, 0.1) is 0 Å². The van der Waals surface area contributed by atoms with Gasteiger partial charge < -0.3 is 0 Å². The Bertz CT molecular complexity index is 153. The van der Waals surface area contributed by atoms with Crippen molar-refractivity contribution in [3.8, 4) is 0 Å². The summed E-state index contributed by atoms with van der Waals surface area (Å²) in [6.45, 7) is 9.19. The molecule has 0 atom stereocenters. The predicted molar refractivity (Wildman–Crippen MR) is 75.8 cm³/mol. The van der Waals surface area contributed by atoms with Crippen LogP contribution in [-0.4, -0.2) is 0 Å². The summed E-state index contributed by atoms with van der Waals surface area (Å²) in [6.07, 6.45) is 15.8. The molecule has 0 amide bonds. The van der Waals surface area contributed by atoms with Crippen LogP contribution in [0.5, 0.6) is 0 Å². The van der Waals surface area contributed by atoms with Crippen LogP contribution in [0, 0.1) is 11.8 Å². The van der Waals surface area contributed by atoms with Crippen LogP contribution in [0.25, 0.3) is 0 Å². The first-order valence-corrected chi connectivity index (χ1v) is 7.28. The fourth-order valence-corrected chi connectivity index (χ4v) is 1.83. The smallest absolute Gasteiger partial charge is 0.0327 e. The van der Waals surface area contributed by atoms with E-state index < -0.39 is 0 Å². The molecule has 0 aromatic heterocycles. The normalized spacial score (nSPS) is 12.1. The van der Waals surface area contributed by atoms with Crippen LogP contribution in [0.4, 0.5) is 0 Å². The summed E-state index contributed by atoms with van der Waals surface area (Å²) in [7, 11) is 0. The Hall–Kier alpha value is -0.260. The summed E-state index contributed by atoms with van der Waals surface area (Å²) >= 11 is 0.